The Balaban J connectivity index is 2.35. The number of phenolic OH excluding ortho intramolecular Hbond substituents is 1. The molecule has 0 radical (unpaired) electrons. The van der Waals surface area contributed by atoms with Crippen molar-refractivity contribution in [3.8, 4) is 11.5 Å². The number of benzene rings is 2. The Kier molecular flexibility index (Phi) is 2.68. The van der Waals surface area contributed by atoms with Crippen molar-refractivity contribution in [1.29, 1.82) is 0 Å². The van der Waals surface area contributed by atoms with Crippen LogP contribution in [0.1, 0.15) is 15.9 Å². The summed E-state index contributed by atoms with van der Waals surface area (Å²) in [6.07, 6.45) is 2.19. The van der Waals surface area contributed by atoms with Gasteiger partial charge in [0.2, 0.25) is 5.76 Å². The second-order valence-electron chi connectivity index (χ2n) is 4.30. The van der Waals surface area contributed by atoms with E-state index < -0.39 is 5.97 Å². The van der Waals surface area contributed by atoms with Crippen LogP contribution in [-0.2, 0) is 9.53 Å². The highest BCUT2D eigenvalue weighted by Crippen LogP contribution is 2.40. The number of rotatable bonds is 2. The van der Waals surface area contributed by atoms with Gasteiger partial charge >= 0.3 is 5.97 Å². The molecule has 3 rings (SSSR count). The molecule has 5 heteroatoms. The lowest BCUT2D eigenvalue weighted by Crippen LogP contribution is -2.13. The van der Waals surface area contributed by atoms with Gasteiger partial charge in [0.1, 0.15) is 11.5 Å². The van der Waals surface area contributed by atoms with Gasteiger partial charge in [0, 0.05) is 16.3 Å². The first-order valence-corrected chi connectivity index (χ1v) is 5.87. The van der Waals surface area contributed by atoms with Crippen LogP contribution in [0, 0.1) is 0 Å². The zero-order valence-electron chi connectivity index (χ0n) is 10.5. The van der Waals surface area contributed by atoms with Crippen LogP contribution in [0.15, 0.2) is 30.0 Å². The van der Waals surface area contributed by atoms with E-state index in [1.165, 1.54) is 25.3 Å². The molecule has 20 heavy (non-hydrogen) atoms. The summed E-state index contributed by atoms with van der Waals surface area (Å²) in [6, 6.07) is 6.26. The topological polar surface area (TPSA) is 72.8 Å². The molecular weight excluding hydrogens is 260 g/mol. The Labute approximate surface area is 114 Å². The Bertz CT molecular complexity index is 773. The summed E-state index contributed by atoms with van der Waals surface area (Å²) in [5, 5.41) is 11.0. The van der Waals surface area contributed by atoms with E-state index in [1.54, 1.807) is 12.1 Å². The summed E-state index contributed by atoms with van der Waals surface area (Å²) in [5.74, 6) is -0.132. The van der Waals surface area contributed by atoms with Crippen LogP contribution in [-0.4, -0.2) is 24.5 Å². The summed E-state index contributed by atoms with van der Waals surface area (Å²) >= 11 is 0. The van der Waals surface area contributed by atoms with Gasteiger partial charge in [-0.15, -0.1) is 0 Å². The largest absolute Gasteiger partial charge is 0.507 e. The molecule has 100 valence electrons. The van der Waals surface area contributed by atoms with Gasteiger partial charge in [-0.05, 0) is 29.8 Å². The number of phenols is 1. The van der Waals surface area contributed by atoms with Crippen molar-refractivity contribution in [3.05, 3.63) is 41.2 Å². The molecule has 0 saturated carbocycles. The Morgan fingerprint density at radius 1 is 1.25 bits per heavy atom. The van der Waals surface area contributed by atoms with Crippen LogP contribution in [0.25, 0.3) is 16.8 Å². The van der Waals surface area contributed by atoms with Crippen LogP contribution < -0.4 is 4.74 Å². The molecule has 0 amide bonds. The zero-order chi connectivity index (χ0) is 14.3. The Morgan fingerprint density at radius 3 is 2.75 bits per heavy atom. The number of aromatic hydroxyl groups is 1. The highest BCUT2D eigenvalue weighted by atomic mass is 16.6. The molecule has 0 aliphatic carbocycles. The Morgan fingerprint density at radius 2 is 2.05 bits per heavy atom. The van der Waals surface area contributed by atoms with Gasteiger partial charge in [-0.25, -0.2) is 4.79 Å². The van der Waals surface area contributed by atoms with E-state index in [0.29, 0.717) is 33.9 Å². The lowest BCUT2D eigenvalue weighted by Gasteiger charge is -2.18. The van der Waals surface area contributed by atoms with Crippen LogP contribution >= 0.6 is 0 Å². The third-order valence-corrected chi connectivity index (χ3v) is 3.18. The number of carbonyl (C=O) groups excluding carboxylic acids is 2. The average Bonchev–Trinajstić information content (AvgIpc) is 2.49. The number of hydrogen-bond donors (Lipinski definition) is 1. The summed E-state index contributed by atoms with van der Waals surface area (Å²) < 4.78 is 10.1. The quantitative estimate of drug-likeness (QED) is 0.669. The molecule has 1 aliphatic heterocycles. The van der Waals surface area contributed by atoms with Crippen molar-refractivity contribution in [2.24, 2.45) is 0 Å². The molecule has 0 fully saturated rings. The molecule has 1 heterocycles. The van der Waals surface area contributed by atoms with Crippen LogP contribution in [0.3, 0.4) is 0 Å². The number of methoxy groups -OCH3 is 1. The normalized spacial score (nSPS) is 12.6. The van der Waals surface area contributed by atoms with Gasteiger partial charge in [0.25, 0.3) is 0 Å². The first kappa shape index (κ1) is 12.2. The second-order valence-corrected chi connectivity index (χ2v) is 4.30. The summed E-state index contributed by atoms with van der Waals surface area (Å²) in [4.78, 5) is 22.6. The van der Waals surface area contributed by atoms with Crippen molar-refractivity contribution >= 4 is 29.1 Å². The molecule has 0 atom stereocenters. The first-order valence-electron chi connectivity index (χ1n) is 5.87. The molecule has 0 bridgehead atoms. The Hall–Kier alpha value is -2.82. The van der Waals surface area contributed by atoms with E-state index >= 15 is 0 Å². The minimum Gasteiger partial charge on any atom is -0.507 e. The lowest BCUT2D eigenvalue weighted by molar-refractivity contribution is -0.138. The van der Waals surface area contributed by atoms with Crippen molar-refractivity contribution in [3.63, 3.8) is 0 Å². The number of ether oxygens (including phenoxy) is 2. The maximum atomic E-state index is 11.6. The zero-order valence-corrected chi connectivity index (χ0v) is 10.5. The average molecular weight is 270 g/mol. The van der Waals surface area contributed by atoms with Gasteiger partial charge < -0.3 is 14.6 Å². The van der Waals surface area contributed by atoms with E-state index in [0.717, 1.165) is 0 Å². The minimum absolute atomic E-state index is 0.00813. The van der Waals surface area contributed by atoms with E-state index in [4.69, 9.17) is 4.74 Å². The van der Waals surface area contributed by atoms with Crippen LogP contribution in [0.4, 0.5) is 0 Å². The van der Waals surface area contributed by atoms with Gasteiger partial charge in [-0.1, -0.05) is 6.07 Å². The van der Waals surface area contributed by atoms with Gasteiger partial charge in [-0.3, -0.25) is 4.79 Å². The summed E-state index contributed by atoms with van der Waals surface area (Å²) in [6.45, 7) is 0. The maximum Gasteiger partial charge on any atom is 0.373 e. The van der Waals surface area contributed by atoms with Crippen LogP contribution in [0.2, 0.25) is 0 Å². The standard InChI is InChI=1S/C15H10O5/c1-19-15(18)12-6-8-2-4-10(17)13-9(7-16)3-5-11(20-12)14(8)13/h2-7,17H,1H3. The molecule has 1 N–H and O–H groups in total. The van der Waals surface area contributed by atoms with Gasteiger partial charge in [-0.2, -0.15) is 0 Å². The molecule has 0 unspecified atom stereocenters. The molecule has 0 saturated heterocycles. The van der Waals surface area contributed by atoms with E-state index in [1.807, 2.05) is 0 Å². The number of aldehydes is 1. The van der Waals surface area contributed by atoms with E-state index in [-0.39, 0.29) is 11.5 Å². The smallest absolute Gasteiger partial charge is 0.373 e. The number of carbonyl (C=O) groups is 2. The fraction of sp³-hybridized carbons (Fsp3) is 0.0667. The lowest BCUT2D eigenvalue weighted by atomic mass is 9.97. The first-order chi connectivity index (χ1) is 9.65. The highest BCUT2D eigenvalue weighted by molar-refractivity contribution is 6.10. The summed E-state index contributed by atoms with van der Waals surface area (Å²) in [5.41, 5.74) is 1.05. The molecule has 0 spiro atoms. The van der Waals surface area contributed by atoms with E-state index in [2.05, 4.69) is 4.74 Å². The van der Waals surface area contributed by atoms with Gasteiger partial charge in [0.15, 0.2) is 6.29 Å². The van der Waals surface area contributed by atoms with E-state index in [9.17, 15) is 14.7 Å². The number of esters is 1. The maximum absolute atomic E-state index is 11.6. The monoisotopic (exact) mass is 270 g/mol. The highest BCUT2D eigenvalue weighted by Gasteiger charge is 2.23. The summed E-state index contributed by atoms with van der Waals surface area (Å²) in [7, 11) is 1.27. The third kappa shape index (κ3) is 1.64. The third-order valence-electron chi connectivity index (χ3n) is 3.18. The predicted molar refractivity (Wildman–Crippen MR) is 71.6 cm³/mol. The fourth-order valence-corrected chi connectivity index (χ4v) is 2.29. The second kappa shape index (κ2) is 4.38. The molecule has 0 aromatic heterocycles. The van der Waals surface area contributed by atoms with Gasteiger partial charge in [0.05, 0.1) is 7.11 Å². The number of hydrogen-bond acceptors (Lipinski definition) is 5. The molecule has 1 aliphatic rings. The molecule has 5 nitrogen and oxygen atoms in total. The van der Waals surface area contributed by atoms with Crippen LogP contribution in [0.5, 0.6) is 11.5 Å². The molecular formula is C15H10O5. The van der Waals surface area contributed by atoms with Crippen molar-refractivity contribution in [1.82, 2.24) is 0 Å². The van der Waals surface area contributed by atoms with Crippen molar-refractivity contribution in [2.75, 3.05) is 7.11 Å². The molecule has 2 aromatic rings. The SMILES string of the molecule is COC(=O)C1=Cc2ccc(O)c3c(C=O)ccc(c23)O1. The van der Waals surface area contributed by atoms with Crippen molar-refractivity contribution in [2.45, 2.75) is 0 Å². The fourth-order valence-electron chi connectivity index (χ4n) is 2.29. The molecule has 2 aromatic carbocycles. The van der Waals surface area contributed by atoms with Crippen molar-refractivity contribution < 1.29 is 24.2 Å². The predicted octanol–water partition coefficient (Wildman–Crippen LogP) is 2.26. The minimum atomic E-state index is -0.587.